The van der Waals surface area contributed by atoms with Gasteiger partial charge in [0, 0.05) is 38.9 Å². The van der Waals surface area contributed by atoms with Gasteiger partial charge >= 0.3 is 0 Å². The molecule has 26 heavy (non-hydrogen) atoms. The summed E-state index contributed by atoms with van der Waals surface area (Å²) in [7, 11) is 0. The third-order valence-electron chi connectivity index (χ3n) is 4.60. The van der Waals surface area contributed by atoms with E-state index in [2.05, 4.69) is 24.8 Å². The standard InChI is InChI=1S/C18H20N6O2/c25-12-11-24-13-20-18(26)14-4-5-16(21-17(14)24)23-9-7-22(8-10-23)15-3-1-2-6-19-15/h1-6,13,25H,7-12H2. The Morgan fingerprint density at radius 3 is 2.42 bits per heavy atom. The van der Waals surface area contributed by atoms with Gasteiger partial charge in [-0.2, -0.15) is 4.98 Å². The van der Waals surface area contributed by atoms with Gasteiger partial charge in [-0.15, -0.1) is 0 Å². The normalized spacial score (nSPS) is 14.8. The van der Waals surface area contributed by atoms with E-state index in [0.717, 1.165) is 37.8 Å². The first-order valence-corrected chi connectivity index (χ1v) is 8.64. The molecule has 0 spiro atoms. The van der Waals surface area contributed by atoms with Gasteiger partial charge in [0.15, 0.2) is 0 Å². The van der Waals surface area contributed by atoms with Crippen LogP contribution in [-0.2, 0) is 6.54 Å². The predicted molar refractivity (Wildman–Crippen MR) is 99.5 cm³/mol. The van der Waals surface area contributed by atoms with Crippen LogP contribution in [0.5, 0.6) is 0 Å². The van der Waals surface area contributed by atoms with E-state index in [-0.39, 0.29) is 12.2 Å². The van der Waals surface area contributed by atoms with Gasteiger partial charge in [0.25, 0.3) is 5.56 Å². The second-order valence-electron chi connectivity index (χ2n) is 6.17. The lowest BCUT2D eigenvalue weighted by molar-refractivity contribution is 0.277. The molecule has 1 aliphatic heterocycles. The molecule has 0 unspecified atom stereocenters. The van der Waals surface area contributed by atoms with Gasteiger partial charge in [-0.1, -0.05) is 6.07 Å². The summed E-state index contributed by atoms with van der Waals surface area (Å²) >= 11 is 0. The molecule has 0 aromatic carbocycles. The zero-order chi connectivity index (χ0) is 17.9. The molecule has 1 fully saturated rings. The van der Waals surface area contributed by atoms with Crippen molar-refractivity contribution in [2.24, 2.45) is 0 Å². The second-order valence-corrected chi connectivity index (χ2v) is 6.17. The minimum atomic E-state index is -0.298. The van der Waals surface area contributed by atoms with Crippen LogP contribution in [0, 0.1) is 0 Å². The average molecular weight is 352 g/mol. The number of piperazine rings is 1. The molecular formula is C18H20N6O2. The Labute approximate surface area is 150 Å². The Morgan fingerprint density at radius 2 is 1.73 bits per heavy atom. The number of aromatic nitrogens is 4. The molecule has 1 aliphatic rings. The fourth-order valence-electron chi connectivity index (χ4n) is 3.22. The van der Waals surface area contributed by atoms with Crippen LogP contribution in [0.25, 0.3) is 11.0 Å². The van der Waals surface area contributed by atoms with E-state index >= 15 is 0 Å². The summed E-state index contributed by atoms with van der Waals surface area (Å²) in [5.41, 5.74) is 0.261. The van der Waals surface area contributed by atoms with Crippen LogP contribution in [0.2, 0.25) is 0 Å². The molecular weight excluding hydrogens is 332 g/mol. The van der Waals surface area contributed by atoms with Crippen LogP contribution in [0.4, 0.5) is 11.6 Å². The lowest BCUT2D eigenvalue weighted by atomic mass is 10.2. The Morgan fingerprint density at radius 1 is 0.962 bits per heavy atom. The maximum absolute atomic E-state index is 12.0. The summed E-state index contributed by atoms with van der Waals surface area (Å²) in [6.45, 7) is 3.68. The van der Waals surface area contributed by atoms with Crippen LogP contribution in [-0.4, -0.2) is 57.4 Å². The summed E-state index contributed by atoms with van der Waals surface area (Å²) in [6, 6.07) is 9.56. The molecule has 8 heteroatoms. The van der Waals surface area contributed by atoms with E-state index in [1.807, 2.05) is 24.3 Å². The maximum Gasteiger partial charge on any atom is 0.282 e. The lowest BCUT2D eigenvalue weighted by Crippen LogP contribution is -2.47. The fraction of sp³-hybridized carbons (Fsp3) is 0.333. The number of hydrogen-bond donors (Lipinski definition) is 1. The topological polar surface area (TPSA) is 87.4 Å². The van der Waals surface area contributed by atoms with Crippen molar-refractivity contribution < 1.29 is 5.11 Å². The first-order valence-electron chi connectivity index (χ1n) is 8.64. The first kappa shape index (κ1) is 16.5. The summed E-state index contributed by atoms with van der Waals surface area (Å²) in [5.74, 6) is 1.82. The van der Waals surface area contributed by atoms with Crippen LogP contribution in [0.15, 0.2) is 47.7 Å². The van der Waals surface area contributed by atoms with Crippen molar-refractivity contribution in [3.8, 4) is 0 Å². The second kappa shape index (κ2) is 7.09. The minimum absolute atomic E-state index is 0.0334. The molecule has 0 radical (unpaired) electrons. The molecule has 0 bridgehead atoms. The highest BCUT2D eigenvalue weighted by Gasteiger charge is 2.19. The van der Waals surface area contributed by atoms with E-state index in [4.69, 9.17) is 0 Å². The van der Waals surface area contributed by atoms with Gasteiger partial charge in [0.2, 0.25) is 0 Å². The molecule has 4 rings (SSSR count). The van der Waals surface area contributed by atoms with E-state index in [0.29, 0.717) is 17.6 Å². The number of aliphatic hydroxyl groups is 1. The molecule has 8 nitrogen and oxygen atoms in total. The van der Waals surface area contributed by atoms with Crippen molar-refractivity contribution in [1.29, 1.82) is 0 Å². The minimum Gasteiger partial charge on any atom is -0.395 e. The Balaban J connectivity index is 1.58. The van der Waals surface area contributed by atoms with E-state index < -0.39 is 0 Å². The van der Waals surface area contributed by atoms with Crippen molar-refractivity contribution in [3.63, 3.8) is 0 Å². The van der Waals surface area contributed by atoms with Gasteiger partial charge in [-0.25, -0.2) is 9.97 Å². The molecule has 0 saturated carbocycles. The molecule has 134 valence electrons. The third-order valence-corrected chi connectivity index (χ3v) is 4.60. The maximum atomic E-state index is 12.0. The summed E-state index contributed by atoms with van der Waals surface area (Å²) < 4.78 is 1.71. The summed E-state index contributed by atoms with van der Waals surface area (Å²) in [5, 5.41) is 9.70. The highest BCUT2D eigenvalue weighted by Crippen LogP contribution is 2.19. The number of anilines is 2. The van der Waals surface area contributed by atoms with Gasteiger partial charge in [-0.05, 0) is 24.3 Å². The van der Waals surface area contributed by atoms with Crippen molar-refractivity contribution in [2.75, 3.05) is 42.6 Å². The molecule has 3 aromatic rings. The predicted octanol–water partition coefficient (Wildman–Crippen LogP) is 0.505. The molecule has 0 atom stereocenters. The molecule has 1 N–H and O–H groups in total. The number of pyridine rings is 2. The summed E-state index contributed by atoms with van der Waals surface area (Å²) in [4.78, 5) is 29.3. The van der Waals surface area contributed by atoms with Crippen LogP contribution >= 0.6 is 0 Å². The molecule has 4 heterocycles. The number of rotatable bonds is 4. The highest BCUT2D eigenvalue weighted by atomic mass is 16.3. The molecule has 0 aliphatic carbocycles. The average Bonchev–Trinajstić information content (AvgIpc) is 2.71. The Bertz CT molecular complexity index is 951. The lowest BCUT2D eigenvalue weighted by Gasteiger charge is -2.36. The quantitative estimate of drug-likeness (QED) is 0.732. The Kier molecular flexibility index (Phi) is 4.49. The Hall–Kier alpha value is -3.00. The number of hydrogen-bond acceptors (Lipinski definition) is 7. The van der Waals surface area contributed by atoms with Crippen LogP contribution in [0.1, 0.15) is 0 Å². The van der Waals surface area contributed by atoms with Gasteiger partial charge in [-0.3, -0.25) is 4.79 Å². The van der Waals surface area contributed by atoms with Gasteiger partial charge in [0.1, 0.15) is 23.6 Å². The van der Waals surface area contributed by atoms with E-state index in [9.17, 15) is 9.90 Å². The molecule has 3 aromatic heterocycles. The fourth-order valence-corrected chi connectivity index (χ4v) is 3.22. The third kappa shape index (κ3) is 3.11. The summed E-state index contributed by atoms with van der Waals surface area (Å²) in [6.07, 6.45) is 3.25. The number of aliphatic hydroxyl groups excluding tert-OH is 1. The largest absolute Gasteiger partial charge is 0.395 e. The van der Waals surface area contributed by atoms with Gasteiger partial charge < -0.3 is 19.5 Å². The number of nitrogens with zero attached hydrogens (tertiary/aromatic N) is 6. The SMILES string of the molecule is O=c1ncn(CCO)c2nc(N3CCN(c4ccccn4)CC3)ccc12. The van der Waals surface area contributed by atoms with E-state index in [1.54, 1.807) is 16.8 Å². The van der Waals surface area contributed by atoms with E-state index in [1.165, 1.54) is 6.33 Å². The molecule has 1 saturated heterocycles. The van der Waals surface area contributed by atoms with Crippen molar-refractivity contribution in [1.82, 2.24) is 19.5 Å². The first-order chi connectivity index (χ1) is 12.8. The smallest absolute Gasteiger partial charge is 0.282 e. The van der Waals surface area contributed by atoms with Crippen molar-refractivity contribution in [3.05, 3.63) is 53.2 Å². The van der Waals surface area contributed by atoms with Gasteiger partial charge in [0.05, 0.1) is 12.0 Å². The zero-order valence-corrected chi connectivity index (χ0v) is 14.3. The monoisotopic (exact) mass is 352 g/mol. The number of fused-ring (bicyclic) bond motifs is 1. The molecule has 0 amide bonds. The zero-order valence-electron chi connectivity index (χ0n) is 14.3. The van der Waals surface area contributed by atoms with Crippen LogP contribution < -0.4 is 15.4 Å². The van der Waals surface area contributed by atoms with Crippen molar-refractivity contribution >= 4 is 22.7 Å². The van der Waals surface area contributed by atoms with Crippen molar-refractivity contribution in [2.45, 2.75) is 6.54 Å². The highest BCUT2D eigenvalue weighted by molar-refractivity contribution is 5.76. The van der Waals surface area contributed by atoms with Crippen LogP contribution in [0.3, 0.4) is 0 Å².